The molecule has 0 fully saturated rings. The molecule has 0 bridgehead atoms. The van der Waals surface area contributed by atoms with Crippen molar-refractivity contribution in [2.24, 2.45) is 0 Å². The standard InChI is InChI=1S/C12H7F3N2O/c13-7-1-2-11(9(14)5-7)17-12(18)8-3-4-16-6-10(8)15/h1-6H,(H,17,18). The molecule has 1 amide bonds. The molecule has 0 aliphatic rings. The topological polar surface area (TPSA) is 42.0 Å². The molecule has 0 saturated carbocycles. The summed E-state index contributed by atoms with van der Waals surface area (Å²) in [4.78, 5) is 15.1. The van der Waals surface area contributed by atoms with Gasteiger partial charge in [0.2, 0.25) is 0 Å². The quantitative estimate of drug-likeness (QED) is 0.892. The van der Waals surface area contributed by atoms with Crippen molar-refractivity contribution in [3.63, 3.8) is 0 Å². The van der Waals surface area contributed by atoms with Crippen LogP contribution in [0.2, 0.25) is 0 Å². The highest BCUT2D eigenvalue weighted by molar-refractivity contribution is 6.04. The molecule has 1 N–H and O–H groups in total. The minimum absolute atomic E-state index is 0.224. The summed E-state index contributed by atoms with van der Waals surface area (Å²) < 4.78 is 39.1. The first kappa shape index (κ1) is 12.1. The summed E-state index contributed by atoms with van der Waals surface area (Å²) in [6.45, 7) is 0. The molecule has 1 aromatic heterocycles. The Hall–Kier alpha value is -2.37. The van der Waals surface area contributed by atoms with Crippen LogP contribution >= 0.6 is 0 Å². The van der Waals surface area contributed by atoms with Crippen LogP contribution in [0.15, 0.2) is 36.7 Å². The van der Waals surface area contributed by atoms with Crippen LogP contribution in [0.4, 0.5) is 18.9 Å². The van der Waals surface area contributed by atoms with Crippen molar-refractivity contribution < 1.29 is 18.0 Å². The van der Waals surface area contributed by atoms with Gasteiger partial charge in [0.15, 0.2) is 5.82 Å². The van der Waals surface area contributed by atoms with Gasteiger partial charge in [0, 0.05) is 12.3 Å². The van der Waals surface area contributed by atoms with E-state index in [1.54, 1.807) is 0 Å². The Balaban J connectivity index is 2.24. The van der Waals surface area contributed by atoms with Gasteiger partial charge in [-0.15, -0.1) is 0 Å². The van der Waals surface area contributed by atoms with E-state index in [1.807, 2.05) is 0 Å². The number of nitrogens with zero attached hydrogens (tertiary/aromatic N) is 1. The molecular weight excluding hydrogens is 245 g/mol. The number of rotatable bonds is 2. The van der Waals surface area contributed by atoms with Crippen molar-refractivity contribution in [1.82, 2.24) is 4.98 Å². The van der Waals surface area contributed by atoms with Crippen LogP contribution in [-0.2, 0) is 0 Å². The van der Waals surface area contributed by atoms with E-state index >= 15 is 0 Å². The summed E-state index contributed by atoms with van der Waals surface area (Å²) >= 11 is 0. The van der Waals surface area contributed by atoms with Crippen molar-refractivity contribution >= 4 is 11.6 Å². The minimum Gasteiger partial charge on any atom is -0.319 e. The number of halogens is 3. The molecule has 2 rings (SSSR count). The van der Waals surface area contributed by atoms with Crippen molar-refractivity contribution in [3.05, 3.63) is 59.7 Å². The predicted octanol–water partition coefficient (Wildman–Crippen LogP) is 2.75. The molecule has 0 aliphatic carbocycles. The number of nitrogens with one attached hydrogen (secondary N) is 1. The molecule has 92 valence electrons. The first-order chi connectivity index (χ1) is 8.58. The molecule has 2 aromatic rings. The summed E-state index contributed by atoms with van der Waals surface area (Å²) in [6.07, 6.45) is 2.11. The molecule has 1 heterocycles. The fourth-order valence-corrected chi connectivity index (χ4v) is 1.34. The number of carbonyl (C=O) groups excluding carboxylic acids is 1. The first-order valence-corrected chi connectivity index (χ1v) is 4.94. The van der Waals surface area contributed by atoms with Gasteiger partial charge >= 0.3 is 0 Å². The van der Waals surface area contributed by atoms with Crippen molar-refractivity contribution in [2.75, 3.05) is 5.32 Å². The second kappa shape index (κ2) is 4.87. The number of pyridine rings is 1. The molecule has 0 radical (unpaired) electrons. The Morgan fingerprint density at radius 3 is 2.56 bits per heavy atom. The fraction of sp³-hybridized carbons (Fsp3) is 0. The average molecular weight is 252 g/mol. The molecular formula is C12H7F3N2O. The lowest BCUT2D eigenvalue weighted by Gasteiger charge is -2.06. The van der Waals surface area contributed by atoms with Gasteiger partial charge in [-0.05, 0) is 18.2 Å². The van der Waals surface area contributed by atoms with E-state index in [0.717, 1.165) is 24.4 Å². The monoisotopic (exact) mass is 252 g/mol. The minimum atomic E-state index is -0.933. The van der Waals surface area contributed by atoms with Crippen LogP contribution in [0.5, 0.6) is 0 Å². The van der Waals surface area contributed by atoms with E-state index in [2.05, 4.69) is 10.3 Å². The lowest BCUT2D eigenvalue weighted by Crippen LogP contribution is -2.14. The Kier molecular flexibility index (Phi) is 3.27. The van der Waals surface area contributed by atoms with Gasteiger partial charge in [0.1, 0.15) is 11.6 Å². The van der Waals surface area contributed by atoms with Crippen LogP contribution in [0.25, 0.3) is 0 Å². The van der Waals surface area contributed by atoms with Gasteiger partial charge < -0.3 is 5.32 Å². The predicted molar refractivity (Wildman–Crippen MR) is 58.5 cm³/mol. The third kappa shape index (κ3) is 2.48. The lowest BCUT2D eigenvalue weighted by atomic mass is 10.2. The zero-order valence-corrected chi connectivity index (χ0v) is 8.95. The van der Waals surface area contributed by atoms with Gasteiger partial charge in [-0.3, -0.25) is 9.78 Å². The molecule has 1 aromatic carbocycles. The van der Waals surface area contributed by atoms with Crippen molar-refractivity contribution in [3.8, 4) is 0 Å². The number of aromatic nitrogens is 1. The summed E-state index contributed by atoms with van der Waals surface area (Å²) in [6, 6.07) is 3.83. The Morgan fingerprint density at radius 2 is 1.89 bits per heavy atom. The molecule has 0 atom stereocenters. The number of hydrogen-bond acceptors (Lipinski definition) is 2. The van der Waals surface area contributed by atoms with Gasteiger partial charge in [0.05, 0.1) is 17.4 Å². The normalized spacial score (nSPS) is 10.2. The van der Waals surface area contributed by atoms with Crippen molar-refractivity contribution in [2.45, 2.75) is 0 Å². The highest BCUT2D eigenvalue weighted by Crippen LogP contribution is 2.16. The van der Waals surface area contributed by atoms with E-state index in [9.17, 15) is 18.0 Å². The highest BCUT2D eigenvalue weighted by Gasteiger charge is 2.13. The van der Waals surface area contributed by atoms with Gasteiger partial charge in [-0.1, -0.05) is 0 Å². The van der Waals surface area contributed by atoms with E-state index < -0.39 is 23.4 Å². The maximum Gasteiger partial charge on any atom is 0.258 e. The Morgan fingerprint density at radius 1 is 1.11 bits per heavy atom. The number of hydrogen-bond donors (Lipinski definition) is 1. The fourth-order valence-electron chi connectivity index (χ4n) is 1.34. The molecule has 6 heteroatoms. The maximum atomic E-state index is 13.3. The van der Waals surface area contributed by atoms with Crippen LogP contribution in [0, 0.1) is 17.5 Å². The highest BCUT2D eigenvalue weighted by atomic mass is 19.1. The molecule has 0 unspecified atom stereocenters. The first-order valence-electron chi connectivity index (χ1n) is 4.94. The second-order valence-corrected chi connectivity index (χ2v) is 3.43. The second-order valence-electron chi connectivity index (χ2n) is 3.43. The van der Waals surface area contributed by atoms with E-state index in [1.165, 1.54) is 6.20 Å². The third-order valence-corrected chi connectivity index (χ3v) is 2.20. The third-order valence-electron chi connectivity index (χ3n) is 2.20. The van der Waals surface area contributed by atoms with Crippen LogP contribution in [0.1, 0.15) is 10.4 Å². The van der Waals surface area contributed by atoms with Crippen LogP contribution in [0.3, 0.4) is 0 Å². The van der Waals surface area contributed by atoms with Crippen LogP contribution in [-0.4, -0.2) is 10.9 Å². The Labute approximate surface area is 100 Å². The number of amides is 1. The van der Waals surface area contributed by atoms with Gasteiger partial charge in [-0.25, -0.2) is 13.2 Å². The summed E-state index contributed by atoms with van der Waals surface area (Å²) in [5, 5.41) is 2.15. The molecule has 0 aliphatic heterocycles. The average Bonchev–Trinajstić information content (AvgIpc) is 2.33. The molecule has 0 saturated heterocycles. The molecule has 0 spiro atoms. The number of anilines is 1. The smallest absolute Gasteiger partial charge is 0.258 e. The van der Waals surface area contributed by atoms with Gasteiger partial charge in [0.25, 0.3) is 5.91 Å². The summed E-state index contributed by atoms with van der Waals surface area (Å²) in [5.74, 6) is -3.35. The summed E-state index contributed by atoms with van der Waals surface area (Å²) in [5.41, 5.74) is -0.494. The maximum absolute atomic E-state index is 13.3. The van der Waals surface area contributed by atoms with Gasteiger partial charge in [-0.2, -0.15) is 0 Å². The SMILES string of the molecule is O=C(Nc1ccc(F)cc1F)c1ccncc1F. The zero-order chi connectivity index (χ0) is 13.1. The van der Waals surface area contributed by atoms with E-state index in [4.69, 9.17) is 0 Å². The number of benzene rings is 1. The number of carbonyl (C=O) groups is 1. The summed E-state index contributed by atoms with van der Waals surface area (Å²) in [7, 11) is 0. The van der Waals surface area contributed by atoms with Crippen LogP contribution < -0.4 is 5.32 Å². The Bertz CT molecular complexity index is 602. The molecule has 3 nitrogen and oxygen atoms in total. The lowest BCUT2D eigenvalue weighted by molar-refractivity contribution is 0.102. The van der Waals surface area contributed by atoms with E-state index in [-0.39, 0.29) is 11.3 Å². The largest absolute Gasteiger partial charge is 0.319 e. The van der Waals surface area contributed by atoms with Crippen molar-refractivity contribution in [1.29, 1.82) is 0 Å². The molecule has 18 heavy (non-hydrogen) atoms. The van der Waals surface area contributed by atoms with E-state index in [0.29, 0.717) is 6.07 Å². The zero-order valence-electron chi connectivity index (χ0n) is 8.95.